The number of nitrogens with zero attached hydrogens (tertiary/aromatic N) is 1. The summed E-state index contributed by atoms with van der Waals surface area (Å²) < 4.78 is 5.52. The van der Waals surface area contributed by atoms with Gasteiger partial charge in [0.1, 0.15) is 5.01 Å². The van der Waals surface area contributed by atoms with Crippen molar-refractivity contribution < 1.29 is 4.74 Å². The molecule has 0 unspecified atom stereocenters. The summed E-state index contributed by atoms with van der Waals surface area (Å²) in [5.74, 6) is 0.506. The van der Waals surface area contributed by atoms with Gasteiger partial charge in [-0.2, -0.15) is 0 Å². The lowest BCUT2D eigenvalue weighted by Crippen LogP contribution is -2.49. The first-order valence-electron chi connectivity index (χ1n) is 6.85. The van der Waals surface area contributed by atoms with Crippen LogP contribution in [0.5, 0.6) is 0 Å². The molecule has 0 radical (unpaired) electrons. The van der Waals surface area contributed by atoms with E-state index in [1.807, 2.05) is 0 Å². The van der Waals surface area contributed by atoms with Gasteiger partial charge in [0.15, 0.2) is 0 Å². The highest BCUT2D eigenvalue weighted by Gasteiger charge is 2.37. The van der Waals surface area contributed by atoms with E-state index in [1.54, 1.807) is 11.3 Å². The molecule has 0 aliphatic carbocycles. The minimum atomic E-state index is 0.0320. The molecule has 18 heavy (non-hydrogen) atoms. The van der Waals surface area contributed by atoms with Crippen molar-refractivity contribution in [3.63, 3.8) is 0 Å². The Kier molecular flexibility index (Phi) is 4.41. The molecule has 0 spiro atoms. The first kappa shape index (κ1) is 14.0. The van der Waals surface area contributed by atoms with Crippen LogP contribution in [-0.4, -0.2) is 24.2 Å². The fourth-order valence-electron chi connectivity index (χ4n) is 2.46. The van der Waals surface area contributed by atoms with Gasteiger partial charge in [-0.15, -0.1) is 11.3 Å². The highest BCUT2D eigenvalue weighted by Crippen LogP contribution is 2.35. The van der Waals surface area contributed by atoms with Crippen molar-refractivity contribution in [1.82, 2.24) is 10.3 Å². The fourth-order valence-corrected chi connectivity index (χ4v) is 3.67. The average Bonchev–Trinajstić information content (AvgIpc) is 2.79. The predicted octanol–water partition coefficient (Wildman–Crippen LogP) is 3.27. The summed E-state index contributed by atoms with van der Waals surface area (Å²) in [7, 11) is 0. The predicted molar refractivity (Wildman–Crippen MR) is 76.2 cm³/mol. The first-order valence-corrected chi connectivity index (χ1v) is 7.73. The Morgan fingerprint density at radius 2 is 1.94 bits per heavy atom. The molecule has 0 aromatic carbocycles. The van der Waals surface area contributed by atoms with Crippen LogP contribution in [0.15, 0.2) is 5.38 Å². The van der Waals surface area contributed by atoms with Gasteiger partial charge in [-0.3, -0.25) is 0 Å². The SMILES string of the molecule is CC(C)NC1(c2nc(C(C)C)cs2)CCOCC1. The molecule has 1 aliphatic rings. The van der Waals surface area contributed by atoms with Gasteiger partial charge in [-0.1, -0.05) is 13.8 Å². The van der Waals surface area contributed by atoms with Crippen LogP contribution in [0, 0.1) is 0 Å². The minimum absolute atomic E-state index is 0.0320. The zero-order valence-corrected chi connectivity index (χ0v) is 12.6. The molecule has 0 atom stereocenters. The van der Waals surface area contributed by atoms with Crippen LogP contribution in [0.25, 0.3) is 0 Å². The Hall–Kier alpha value is -0.450. The van der Waals surface area contributed by atoms with Crippen molar-refractivity contribution in [3.8, 4) is 0 Å². The minimum Gasteiger partial charge on any atom is -0.381 e. The Morgan fingerprint density at radius 3 is 2.44 bits per heavy atom. The number of ether oxygens (including phenoxy) is 1. The second-order valence-corrected chi connectivity index (χ2v) is 6.58. The second kappa shape index (κ2) is 5.68. The molecule has 0 bridgehead atoms. The number of hydrogen-bond donors (Lipinski definition) is 1. The normalized spacial score (nSPS) is 19.7. The summed E-state index contributed by atoms with van der Waals surface area (Å²) >= 11 is 1.80. The molecule has 4 heteroatoms. The summed E-state index contributed by atoms with van der Waals surface area (Å²) in [6, 6.07) is 0.467. The van der Waals surface area contributed by atoms with E-state index >= 15 is 0 Å². The lowest BCUT2D eigenvalue weighted by molar-refractivity contribution is 0.0330. The summed E-state index contributed by atoms with van der Waals surface area (Å²) in [5, 5.41) is 7.18. The molecule has 0 saturated carbocycles. The Labute approximate surface area is 114 Å². The van der Waals surface area contributed by atoms with E-state index in [0.29, 0.717) is 12.0 Å². The van der Waals surface area contributed by atoms with E-state index in [4.69, 9.17) is 9.72 Å². The second-order valence-electron chi connectivity index (χ2n) is 5.73. The van der Waals surface area contributed by atoms with E-state index in [-0.39, 0.29) is 5.54 Å². The number of hydrogen-bond acceptors (Lipinski definition) is 4. The van der Waals surface area contributed by atoms with Crippen molar-refractivity contribution in [2.24, 2.45) is 0 Å². The Bertz CT molecular complexity index is 381. The van der Waals surface area contributed by atoms with Gasteiger partial charge in [0, 0.05) is 24.6 Å². The van der Waals surface area contributed by atoms with E-state index in [1.165, 1.54) is 10.7 Å². The quantitative estimate of drug-likeness (QED) is 0.910. The zero-order valence-electron chi connectivity index (χ0n) is 11.8. The van der Waals surface area contributed by atoms with Crippen LogP contribution in [0.2, 0.25) is 0 Å². The molecule has 1 N–H and O–H groups in total. The first-order chi connectivity index (χ1) is 8.53. The van der Waals surface area contributed by atoms with Gasteiger partial charge in [0.25, 0.3) is 0 Å². The number of nitrogens with one attached hydrogen (secondary N) is 1. The number of aromatic nitrogens is 1. The van der Waals surface area contributed by atoms with Crippen LogP contribution in [0.1, 0.15) is 57.2 Å². The van der Waals surface area contributed by atoms with Crippen LogP contribution in [0.4, 0.5) is 0 Å². The summed E-state index contributed by atoms with van der Waals surface area (Å²) in [4.78, 5) is 4.86. The third-order valence-electron chi connectivity index (χ3n) is 3.43. The monoisotopic (exact) mass is 268 g/mol. The smallest absolute Gasteiger partial charge is 0.113 e. The number of rotatable bonds is 4. The maximum absolute atomic E-state index is 5.52. The highest BCUT2D eigenvalue weighted by atomic mass is 32.1. The molecular weight excluding hydrogens is 244 g/mol. The summed E-state index contributed by atoms with van der Waals surface area (Å²) in [5.41, 5.74) is 1.25. The van der Waals surface area contributed by atoms with Crippen molar-refractivity contribution >= 4 is 11.3 Å². The third-order valence-corrected chi connectivity index (χ3v) is 4.50. The lowest BCUT2D eigenvalue weighted by Gasteiger charge is -2.38. The molecule has 1 saturated heterocycles. The van der Waals surface area contributed by atoms with Crippen LogP contribution in [0.3, 0.4) is 0 Å². The van der Waals surface area contributed by atoms with Crippen LogP contribution in [-0.2, 0) is 10.3 Å². The molecule has 1 aromatic rings. The van der Waals surface area contributed by atoms with Gasteiger partial charge < -0.3 is 10.1 Å². The largest absolute Gasteiger partial charge is 0.381 e. The van der Waals surface area contributed by atoms with Crippen molar-refractivity contribution in [2.75, 3.05) is 13.2 Å². The lowest BCUT2D eigenvalue weighted by atomic mass is 9.89. The fraction of sp³-hybridized carbons (Fsp3) is 0.786. The Morgan fingerprint density at radius 1 is 1.28 bits per heavy atom. The van der Waals surface area contributed by atoms with E-state index < -0.39 is 0 Å². The molecule has 102 valence electrons. The Balaban J connectivity index is 2.26. The average molecular weight is 268 g/mol. The van der Waals surface area contributed by atoms with E-state index in [0.717, 1.165) is 26.1 Å². The van der Waals surface area contributed by atoms with Gasteiger partial charge in [0.05, 0.1) is 11.2 Å². The maximum Gasteiger partial charge on any atom is 0.113 e. The molecule has 1 fully saturated rings. The van der Waals surface area contributed by atoms with Gasteiger partial charge in [0.2, 0.25) is 0 Å². The van der Waals surface area contributed by atoms with Gasteiger partial charge >= 0.3 is 0 Å². The highest BCUT2D eigenvalue weighted by molar-refractivity contribution is 7.09. The van der Waals surface area contributed by atoms with Gasteiger partial charge in [-0.05, 0) is 32.6 Å². The maximum atomic E-state index is 5.52. The standard InChI is InChI=1S/C14H24N2OS/c1-10(2)12-9-18-13(15-12)14(16-11(3)4)5-7-17-8-6-14/h9-11,16H,5-8H2,1-4H3. The molecule has 1 aromatic heterocycles. The molecule has 2 rings (SSSR count). The van der Waals surface area contributed by atoms with Crippen LogP contribution >= 0.6 is 11.3 Å². The van der Waals surface area contributed by atoms with Crippen LogP contribution < -0.4 is 5.32 Å². The third kappa shape index (κ3) is 2.92. The molecule has 1 aliphatic heterocycles. The van der Waals surface area contributed by atoms with E-state index in [2.05, 4.69) is 38.4 Å². The van der Waals surface area contributed by atoms with Crippen molar-refractivity contribution in [3.05, 3.63) is 16.1 Å². The molecular formula is C14H24N2OS. The summed E-state index contributed by atoms with van der Waals surface area (Å²) in [6.45, 7) is 10.5. The molecule has 3 nitrogen and oxygen atoms in total. The van der Waals surface area contributed by atoms with Crippen molar-refractivity contribution in [2.45, 2.75) is 58.0 Å². The van der Waals surface area contributed by atoms with Crippen molar-refractivity contribution in [1.29, 1.82) is 0 Å². The zero-order chi connectivity index (χ0) is 13.2. The number of thiazole rings is 1. The molecule has 0 amide bonds. The summed E-state index contributed by atoms with van der Waals surface area (Å²) in [6.07, 6.45) is 2.05. The van der Waals surface area contributed by atoms with E-state index in [9.17, 15) is 0 Å². The molecule has 2 heterocycles. The topological polar surface area (TPSA) is 34.2 Å². The van der Waals surface area contributed by atoms with Gasteiger partial charge in [-0.25, -0.2) is 4.98 Å².